The third-order valence-electron chi connectivity index (χ3n) is 5.55. The van der Waals surface area contributed by atoms with Crippen LogP contribution in [0.3, 0.4) is 0 Å². The van der Waals surface area contributed by atoms with Gasteiger partial charge in [0.2, 0.25) is 0 Å². The van der Waals surface area contributed by atoms with E-state index in [1.807, 2.05) is 13.8 Å². The maximum atomic E-state index is 12.8. The van der Waals surface area contributed by atoms with E-state index in [2.05, 4.69) is 4.18 Å². The summed E-state index contributed by atoms with van der Waals surface area (Å²) in [5.74, 6) is -0.535. The molecule has 0 bridgehead atoms. The molecule has 6 nitrogen and oxygen atoms in total. The lowest BCUT2D eigenvalue weighted by Crippen LogP contribution is -2.39. The van der Waals surface area contributed by atoms with Crippen LogP contribution in [-0.2, 0) is 16.5 Å². The van der Waals surface area contributed by atoms with Crippen LogP contribution in [0.5, 0.6) is 5.75 Å². The van der Waals surface area contributed by atoms with Crippen LogP contribution in [0.15, 0.2) is 27.4 Å². The summed E-state index contributed by atoms with van der Waals surface area (Å²) >= 11 is 0. The predicted octanol–water partition coefficient (Wildman–Crippen LogP) is 4.63. The van der Waals surface area contributed by atoms with Gasteiger partial charge in [-0.1, -0.05) is 13.8 Å². The molecule has 0 atom stereocenters. The summed E-state index contributed by atoms with van der Waals surface area (Å²) in [6.45, 7) is 9.02. The van der Waals surface area contributed by atoms with Crippen LogP contribution in [0.1, 0.15) is 37.8 Å². The molecular weight excluding hydrogens is 441 g/mol. The van der Waals surface area contributed by atoms with Gasteiger partial charge in [0.1, 0.15) is 11.3 Å². The highest BCUT2D eigenvalue weighted by atomic mass is 32.2. The molecule has 0 saturated heterocycles. The molecule has 0 aliphatic rings. The zero-order chi connectivity index (χ0) is 23.1. The van der Waals surface area contributed by atoms with Gasteiger partial charge in [-0.15, -0.1) is 0 Å². The van der Waals surface area contributed by atoms with Gasteiger partial charge in [0.25, 0.3) is 0 Å². The standard InChI is InChI=1S/C19H25F3O6SSi/c1-12-11-16(23)27-17-13(12)8-9-15(28-29(24,25)19(20,21)22)14(17)7-6-10-18(2,3)30(4,5)26/h8-9,11,26H,6-7,10H2,1-5H3. The van der Waals surface area contributed by atoms with Gasteiger partial charge in [-0.2, -0.15) is 21.6 Å². The van der Waals surface area contributed by atoms with Gasteiger partial charge in [-0.25, -0.2) is 4.79 Å². The Morgan fingerprint density at radius 2 is 1.80 bits per heavy atom. The zero-order valence-corrected chi connectivity index (χ0v) is 19.2. The molecule has 0 spiro atoms. The number of halogens is 3. The topological polar surface area (TPSA) is 93.8 Å². The summed E-state index contributed by atoms with van der Waals surface area (Å²) < 4.78 is 71.1. The van der Waals surface area contributed by atoms with Crippen molar-refractivity contribution in [1.29, 1.82) is 0 Å². The van der Waals surface area contributed by atoms with Gasteiger partial charge in [0.05, 0.1) is 0 Å². The number of aryl methyl sites for hydroxylation is 2. The van der Waals surface area contributed by atoms with Crippen molar-refractivity contribution >= 4 is 29.4 Å². The fourth-order valence-electron chi connectivity index (χ4n) is 2.91. The van der Waals surface area contributed by atoms with E-state index in [0.29, 0.717) is 23.8 Å². The molecule has 2 aromatic rings. The number of alkyl halides is 3. The smallest absolute Gasteiger partial charge is 0.432 e. The Morgan fingerprint density at radius 3 is 2.33 bits per heavy atom. The first-order valence-corrected chi connectivity index (χ1v) is 13.6. The molecule has 30 heavy (non-hydrogen) atoms. The monoisotopic (exact) mass is 466 g/mol. The van der Waals surface area contributed by atoms with Crippen molar-refractivity contribution < 1.29 is 35.0 Å². The molecule has 0 aliphatic heterocycles. The predicted molar refractivity (Wildman–Crippen MR) is 110 cm³/mol. The average Bonchev–Trinajstić information content (AvgIpc) is 2.54. The molecule has 0 radical (unpaired) electrons. The lowest BCUT2D eigenvalue weighted by molar-refractivity contribution is -0.0500. The van der Waals surface area contributed by atoms with Crippen molar-refractivity contribution in [2.45, 2.75) is 63.7 Å². The minimum atomic E-state index is -5.89. The van der Waals surface area contributed by atoms with Gasteiger partial charge in [-0.3, -0.25) is 0 Å². The maximum Gasteiger partial charge on any atom is 0.534 e. The third kappa shape index (κ3) is 5.06. The SMILES string of the molecule is Cc1cc(=O)oc2c(CCCC(C)(C)[Si](C)(C)O)c(OS(=O)(=O)C(F)(F)F)ccc12. The van der Waals surface area contributed by atoms with Crippen LogP contribution in [0, 0.1) is 6.92 Å². The molecule has 11 heteroatoms. The summed E-state index contributed by atoms with van der Waals surface area (Å²) in [6, 6.07) is 3.72. The first-order chi connectivity index (χ1) is 13.5. The highest BCUT2D eigenvalue weighted by Gasteiger charge is 2.49. The highest BCUT2D eigenvalue weighted by molar-refractivity contribution is 7.88. The van der Waals surface area contributed by atoms with Crippen LogP contribution in [-0.4, -0.2) is 27.0 Å². The summed E-state index contributed by atoms with van der Waals surface area (Å²) in [5, 5.41) is 0.0745. The molecule has 2 rings (SSSR count). The average molecular weight is 467 g/mol. The number of hydrogen-bond acceptors (Lipinski definition) is 6. The van der Waals surface area contributed by atoms with E-state index < -0.39 is 40.4 Å². The van der Waals surface area contributed by atoms with Crippen molar-refractivity contribution in [3.63, 3.8) is 0 Å². The number of rotatable bonds is 7. The Hall–Kier alpha value is -1.85. The fraction of sp³-hybridized carbons (Fsp3) is 0.526. The second-order valence-electron chi connectivity index (χ2n) is 8.45. The summed E-state index contributed by atoms with van der Waals surface area (Å²) in [4.78, 5) is 22.3. The van der Waals surface area contributed by atoms with Gasteiger partial charge in [0.15, 0.2) is 8.32 Å². The Morgan fingerprint density at radius 1 is 1.20 bits per heavy atom. The Labute approximate surface area is 173 Å². The molecule has 0 aliphatic carbocycles. The first-order valence-electron chi connectivity index (χ1n) is 9.26. The molecule has 168 valence electrons. The van der Waals surface area contributed by atoms with Gasteiger partial charge in [-0.05, 0) is 62.0 Å². The van der Waals surface area contributed by atoms with Crippen LogP contribution < -0.4 is 9.81 Å². The first kappa shape index (κ1) is 24.4. The summed E-state index contributed by atoms with van der Waals surface area (Å²) in [5.41, 5.74) is -5.71. The molecule has 1 aromatic carbocycles. The van der Waals surface area contributed by atoms with Crippen molar-refractivity contribution in [2.24, 2.45) is 0 Å². The summed E-state index contributed by atoms with van der Waals surface area (Å²) in [6.07, 6.45) is 1.03. The molecule has 0 unspecified atom stereocenters. The number of hydrogen-bond donors (Lipinski definition) is 1. The van der Waals surface area contributed by atoms with E-state index in [9.17, 15) is 31.2 Å². The van der Waals surface area contributed by atoms with Crippen molar-refractivity contribution in [2.75, 3.05) is 0 Å². The minimum absolute atomic E-state index is 0.00631. The molecular formula is C19H25F3O6SSi. The third-order valence-corrected chi connectivity index (χ3v) is 10.1. The Bertz CT molecular complexity index is 1100. The normalized spacial score (nSPS) is 13.6. The van der Waals surface area contributed by atoms with E-state index in [1.54, 1.807) is 20.0 Å². The van der Waals surface area contributed by atoms with Gasteiger partial charge < -0.3 is 13.4 Å². The van der Waals surface area contributed by atoms with E-state index in [4.69, 9.17) is 4.42 Å². The second-order valence-corrected chi connectivity index (χ2v) is 14.5. The fourth-order valence-corrected chi connectivity index (χ4v) is 4.19. The second kappa shape index (κ2) is 8.01. The molecule has 1 heterocycles. The lowest BCUT2D eigenvalue weighted by Gasteiger charge is -2.35. The highest BCUT2D eigenvalue weighted by Crippen LogP contribution is 2.41. The van der Waals surface area contributed by atoms with E-state index in [0.717, 1.165) is 6.07 Å². The molecule has 1 N–H and O–H groups in total. The lowest BCUT2D eigenvalue weighted by atomic mass is 9.98. The minimum Gasteiger partial charge on any atom is -0.432 e. The quantitative estimate of drug-likeness (QED) is 0.277. The Kier molecular flexibility index (Phi) is 6.52. The maximum absolute atomic E-state index is 12.8. The van der Waals surface area contributed by atoms with Crippen LogP contribution >= 0.6 is 0 Å². The molecule has 0 fully saturated rings. The van der Waals surface area contributed by atoms with Crippen LogP contribution in [0.25, 0.3) is 11.0 Å². The van der Waals surface area contributed by atoms with E-state index in [-0.39, 0.29) is 17.6 Å². The van der Waals surface area contributed by atoms with Gasteiger partial charge >= 0.3 is 21.3 Å². The van der Waals surface area contributed by atoms with Crippen molar-refractivity contribution in [3.8, 4) is 5.75 Å². The largest absolute Gasteiger partial charge is 0.534 e. The van der Waals surface area contributed by atoms with Crippen molar-refractivity contribution in [3.05, 3.63) is 39.7 Å². The molecule has 1 aromatic heterocycles. The zero-order valence-electron chi connectivity index (χ0n) is 17.4. The number of fused-ring (bicyclic) bond motifs is 1. The number of benzene rings is 1. The molecule has 0 amide bonds. The van der Waals surface area contributed by atoms with Crippen LogP contribution in [0.4, 0.5) is 13.2 Å². The van der Waals surface area contributed by atoms with Crippen molar-refractivity contribution in [1.82, 2.24) is 0 Å². The molecule has 0 saturated carbocycles. The summed E-state index contributed by atoms with van der Waals surface area (Å²) in [7, 11) is -8.41. The Balaban J connectivity index is 2.54. The van der Waals surface area contributed by atoms with E-state index in [1.165, 1.54) is 12.1 Å². The van der Waals surface area contributed by atoms with Gasteiger partial charge in [0, 0.05) is 17.0 Å². The van der Waals surface area contributed by atoms with E-state index >= 15 is 0 Å². The van der Waals surface area contributed by atoms with Crippen LogP contribution in [0.2, 0.25) is 18.1 Å².